The van der Waals surface area contributed by atoms with Gasteiger partial charge in [-0.15, -0.1) is 0 Å². The van der Waals surface area contributed by atoms with Crippen LogP contribution in [0.15, 0.2) is 0 Å². The Morgan fingerprint density at radius 3 is 3.22 bits per heavy atom. The van der Waals surface area contributed by atoms with Gasteiger partial charge >= 0.3 is 0 Å². The van der Waals surface area contributed by atoms with Crippen LogP contribution in [0.25, 0.3) is 0 Å². The molecule has 1 rings (SSSR count). The topological polar surface area (TPSA) is 29.5 Å². The highest BCUT2D eigenvalue weighted by atomic mass is 32.2. The van der Waals surface area contributed by atoms with Gasteiger partial charge in [0.25, 0.3) is 0 Å². The number of ether oxygens (including phenoxy) is 1. The predicted molar refractivity (Wildman–Crippen MR) is 38.5 cm³/mol. The Morgan fingerprint density at radius 1 is 1.67 bits per heavy atom. The van der Waals surface area contributed by atoms with Crippen LogP contribution in [-0.2, 0) is 4.74 Å². The summed E-state index contributed by atoms with van der Waals surface area (Å²) in [7, 11) is 0. The first-order valence-electron chi connectivity index (χ1n) is 3.20. The predicted octanol–water partition coefficient (Wildman–Crippen LogP) is 0.847. The summed E-state index contributed by atoms with van der Waals surface area (Å²) in [6.07, 6.45) is 0.529. The normalized spacial score (nSPS) is 38.0. The molecule has 1 aliphatic heterocycles. The standard InChI is InChI=1S/C6H12O2S/c1-5-2-3-8-6(7)4-9-5/h5-7H,2-4H2,1H3. The van der Waals surface area contributed by atoms with Gasteiger partial charge in [-0.2, -0.15) is 11.8 Å². The first kappa shape index (κ1) is 7.38. The molecule has 2 unspecified atom stereocenters. The molecule has 0 spiro atoms. The maximum atomic E-state index is 8.96. The third-order valence-electron chi connectivity index (χ3n) is 1.36. The number of hydrogen-bond donors (Lipinski definition) is 1. The van der Waals surface area contributed by atoms with Crippen molar-refractivity contribution >= 4 is 11.8 Å². The number of rotatable bonds is 0. The highest BCUT2D eigenvalue weighted by Crippen LogP contribution is 2.19. The van der Waals surface area contributed by atoms with Gasteiger partial charge in [-0.25, -0.2) is 0 Å². The highest BCUT2D eigenvalue weighted by molar-refractivity contribution is 7.99. The summed E-state index contributed by atoms with van der Waals surface area (Å²) in [5.74, 6) is 0.723. The van der Waals surface area contributed by atoms with Crippen LogP contribution in [0.5, 0.6) is 0 Å². The van der Waals surface area contributed by atoms with Crippen molar-refractivity contribution in [1.29, 1.82) is 0 Å². The first-order valence-corrected chi connectivity index (χ1v) is 4.25. The summed E-state index contributed by atoms with van der Waals surface area (Å²) in [6.45, 7) is 2.86. The molecule has 0 aromatic rings. The zero-order valence-corrected chi connectivity index (χ0v) is 6.36. The fraction of sp³-hybridized carbons (Fsp3) is 1.00. The minimum absolute atomic E-state index is 0.528. The molecule has 0 aliphatic carbocycles. The second-order valence-corrected chi connectivity index (χ2v) is 3.73. The fourth-order valence-electron chi connectivity index (χ4n) is 0.748. The molecule has 0 saturated carbocycles. The van der Waals surface area contributed by atoms with Crippen LogP contribution in [0.4, 0.5) is 0 Å². The Hall–Kier alpha value is 0.270. The van der Waals surface area contributed by atoms with Crippen LogP contribution in [0.2, 0.25) is 0 Å². The zero-order valence-electron chi connectivity index (χ0n) is 5.54. The van der Waals surface area contributed by atoms with E-state index in [1.165, 1.54) is 0 Å². The molecule has 3 heteroatoms. The van der Waals surface area contributed by atoms with E-state index in [0.717, 1.165) is 12.2 Å². The fourth-order valence-corrected chi connectivity index (χ4v) is 1.60. The van der Waals surface area contributed by atoms with E-state index in [0.29, 0.717) is 11.9 Å². The molecular formula is C6H12O2S. The molecule has 2 atom stereocenters. The molecule has 1 saturated heterocycles. The molecule has 1 fully saturated rings. The van der Waals surface area contributed by atoms with Gasteiger partial charge in [0.1, 0.15) is 0 Å². The Labute approximate surface area is 59.6 Å². The Bertz CT molecular complexity index is 77.1. The van der Waals surface area contributed by atoms with Gasteiger partial charge in [0.05, 0.1) is 6.61 Å². The summed E-state index contributed by atoms with van der Waals surface area (Å²) in [4.78, 5) is 0. The van der Waals surface area contributed by atoms with E-state index < -0.39 is 6.29 Å². The molecule has 1 N–H and O–H groups in total. The average molecular weight is 148 g/mol. The largest absolute Gasteiger partial charge is 0.367 e. The molecule has 2 nitrogen and oxygen atoms in total. The Morgan fingerprint density at radius 2 is 2.44 bits per heavy atom. The van der Waals surface area contributed by atoms with Crippen LogP contribution in [0.3, 0.4) is 0 Å². The van der Waals surface area contributed by atoms with Gasteiger partial charge in [-0.05, 0) is 6.42 Å². The van der Waals surface area contributed by atoms with Crippen molar-refractivity contribution < 1.29 is 9.84 Å². The quantitative estimate of drug-likeness (QED) is 0.552. The van der Waals surface area contributed by atoms with E-state index in [1.54, 1.807) is 11.8 Å². The van der Waals surface area contributed by atoms with Gasteiger partial charge in [-0.3, -0.25) is 0 Å². The van der Waals surface area contributed by atoms with Crippen LogP contribution < -0.4 is 0 Å². The van der Waals surface area contributed by atoms with Gasteiger partial charge in [0, 0.05) is 11.0 Å². The lowest BCUT2D eigenvalue weighted by Gasteiger charge is -2.04. The molecule has 0 amide bonds. The van der Waals surface area contributed by atoms with Gasteiger partial charge in [0.2, 0.25) is 0 Å². The first-order chi connectivity index (χ1) is 4.29. The molecule has 54 valence electrons. The monoisotopic (exact) mass is 148 g/mol. The van der Waals surface area contributed by atoms with Crippen LogP contribution in [0.1, 0.15) is 13.3 Å². The molecular weight excluding hydrogens is 136 g/mol. The smallest absolute Gasteiger partial charge is 0.163 e. The maximum Gasteiger partial charge on any atom is 0.163 e. The average Bonchev–Trinajstić information content (AvgIpc) is 1.97. The Kier molecular flexibility index (Phi) is 2.82. The van der Waals surface area contributed by atoms with Crippen molar-refractivity contribution in [3.05, 3.63) is 0 Å². The second-order valence-electron chi connectivity index (χ2n) is 2.26. The number of thioether (sulfide) groups is 1. The highest BCUT2D eigenvalue weighted by Gasteiger charge is 2.13. The Balaban J connectivity index is 2.25. The third-order valence-corrected chi connectivity index (χ3v) is 2.64. The van der Waals surface area contributed by atoms with Gasteiger partial charge in [-0.1, -0.05) is 6.92 Å². The molecule has 0 aromatic heterocycles. The van der Waals surface area contributed by atoms with E-state index in [1.807, 2.05) is 0 Å². The summed E-state index contributed by atoms with van der Waals surface area (Å²) in [5.41, 5.74) is 0. The van der Waals surface area contributed by atoms with E-state index in [-0.39, 0.29) is 0 Å². The van der Waals surface area contributed by atoms with E-state index >= 15 is 0 Å². The van der Waals surface area contributed by atoms with Gasteiger partial charge < -0.3 is 9.84 Å². The summed E-state index contributed by atoms with van der Waals surface area (Å²) >= 11 is 1.77. The van der Waals surface area contributed by atoms with Crippen LogP contribution in [-0.4, -0.2) is 29.0 Å². The zero-order chi connectivity index (χ0) is 6.69. The molecule has 1 heterocycles. The SMILES string of the molecule is CC1CCOC(O)CS1. The van der Waals surface area contributed by atoms with E-state index in [4.69, 9.17) is 9.84 Å². The minimum Gasteiger partial charge on any atom is -0.367 e. The lowest BCUT2D eigenvalue weighted by atomic mass is 10.3. The molecule has 1 aliphatic rings. The number of aliphatic hydroxyl groups is 1. The lowest BCUT2D eigenvalue weighted by molar-refractivity contribution is -0.0794. The molecule has 0 radical (unpaired) electrons. The van der Waals surface area contributed by atoms with Crippen molar-refractivity contribution in [3.63, 3.8) is 0 Å². The van der Waals surface area contributed by atoms with Crippen molar-refractivity contribution in [3.8, 4) is 0 Å². The van der Waals surface area contributed by atoms with Crippen molar-refractivity contribution in [1.82, 2.24) is 0 Å². The molecule has 0 aromatic carbocycles. The van der Waals surface area contributed by atoms with Crippen molar-refractivity contribution in [2.24, 2.45) is 0 Å². The van der Waals surface area contributed by atoms with Crippen molar-refractivity contribution in [2.75, 3.05) is 12.4 Å². The number of aliphatic hydroxyl groups excluding tert-OH is 1. The molecule has 0 bridgehead atoms. The van der Waals surface area contributed by atoms with Crippen LogP contribution >= 0.6 is 11.8 Å². The van der Waals surface area contributed by atoms with E-state index in [2.05, 4.69) is 6.92 Å². The summed E-state index contributed by atoms with van der Waals surface area (Å²) in [6, 6.07) is 0. The van der Waals surface area contributed by atoms with Crippen molar-refractivity contribution in [2.45, 2.75) is 24.9 Å². The van der Waals surface area contributed by atoms with Gasteiger partial charge in [0.15, 0.2) is 6.29 Å². The second kappa shape index (κ2) is 3.44. The number of hydrogen-bond acceptors (Lipinski definition) is 3. The van der Waals surface area contributed by atoms with E-state index in [9.17, 15) is 0 Å². The minimum atomic E-state index is -0.528. The summed E-state index contributed by atoms with van der Waals surface area (Å²) < 4.78 is 5.01. The third kappa shape index (κ3) is 2.56. The summed E-state index contributed by atoms with van der Waals surface area (Å²) in [5, 5.41) is 9.60. The van der Waals surface area contributed by atoms with Crippen LogP contribution in [0, 0.1) is 0 Å². The molecule has 9 heavy (non-hydrogen) atoms. The maximum absolute atomic E-state index is 8.96. The lowest BCUT2D eigenvalue weighted by Crippen LogP contribution is -2.12.